The van der Waals surface area contributed by atoms with Crippen molar-refractivity contribution in [2.24, 2.45) is 0 Å². The van der Waals surface area contributed by atoms with Gasteiger partial charge in [-0.15, -0.1) is 12.4 Å². The first kappa shape index (κ1) is 19.2. The lowest BCUT2D eigenvalue weighted by atomic mass is 10.2. The summed E-state index contributed by atoms with van der Waals surface area (Å²) >= 11 is 6.10. The Morgan fingerprint density at radius 2 is 1.85 bits per heavy atom. The predicted octanol–water partition coefficient (Wildman–Crippen LogP) is 4.13. The molecule has 1 rings (SSSR count). The minimum Gasteiger partial charge on any atom is -0.323 e. The van der Waals surface area contributed by atoms with Crippen LogP contribution >= 0.6 is 24.0 Å². The van der Waals surface area contributed by atoms with E-state index in [-0.39, 0.29) is 18.3 Å². The van der Waals surface area contributed by atoms with Crippen LogP contribution in [-0.2, 0) is 4.79 Å². The number of para-hydroxylation sites is 1. The van der Waals surface area contributed by atoms with Gasteiger partial charge in [-0.05, 0) is 44.5 Å². The van der Waals surface area contributed by atoms with Crippen molar-refractivity contribution in [3.05, 3.63) is 28.8 Å². The molecule has 0 bridgehead atoms. The zero-order valence-electron chi connectivity index (χ0n) is 12.4. The predicted molar refractivity (Wildman–Crippen MR) is 89.1 cm³/mol. The summed E-state index contributed by atoms with van der Waals surface area (Å²) in [6, 6.07) is 5.62. The Morgan fingerprint density at radius 1 is 1.25 bits per heavy atom. The van der Waals surface area contributed by atoms with Crippen molar-refractivity contribution in [2.45, 2.75) is 33.6 Å². The molecule has 1 aromatic carbocycles. The highest BCUT2D eigenvalue weighted by molar-refractivity contribution is 6.33. The largest absolute Gasteiger partial charge is 0.323 e. The first-order valence-electron chi connectivity index (χ1n) is 6.85. The van der Waals surface area contributed by atoms with Crippen LogP contribution < -0.4 is 5.32 Å². The maximum atomic E-state index is 12.1. The van der Waals surface area contributed by atoms with E-state index < -0.39 is 0 Å². The van der Waals surface area contributed by atoms with E-state index in [9.17, 15) is 4.79 Å². The van der Waals surface area contributed by atoms with E-state index in [4.69, 9.17) is 11.6 Å². The summed E-state index contributed by atoms with van der Waals surface area (Å²) < 4.78 is 0. The van der Waals surface area contributed by atoms with Gasteiger partial charge in [-0.25, -0.2) is 0 Å². The lowest BCUT2D eigenvalue weighted by Gasteiger charge is -2.20. The van der Waals surface area contributed by atoms with Gasteiger partial charge in [0.25, 0.3) is 0 Å². The zero-order chi connectivity index (χ0) is 14.3. The molecule has 0 aliphatic carbocycles. The summed E-state index contributed by atoms with van der Waals surface area (Å²) in [6.45, 7) is 8.51. The lowest BCUT2D eigenvalue weighted by Crippen LogP contribution is -2.34. The van der Waals surface area contributed by atoms with Crippen LogP contribution in [0.2, 0.25) is 5.02 Å². The monoisotopic (exact) mass is 318 g/mol. The molecular formula is C15H24Cl2N2O. The number of amides is 1. The topological polar surface area (TPSA) is 32.3 Å². The number of hydrogen-bond donors (Lipinski definition) is 1. The Morgan fingerprint density at radius 3 is 2.35 bits per heavy atom. The molecule has 0 spiro atoms. The molecule has 0 aliphatic heterocycles. The van der Waals surface area contributed by atoms with Gasteiger partial charge in [-0.2, -0.15) is 0 Å². The molecule has 0 atom stereocenters. The lowest BCUT2D eigenvalue weighted by molar-refractivity contribution is -0.117. The van der Waals surface area contributed by atoms with Crippen molar-refractivity contribution >= 4 is 35.6 Å². The van der Waals surface area contributed by atoms with Gasteiger partial charge in [0.15, 0.2) is 0 Å². The Labute approximate surface area is 133 Å². The maximum absolute atomic E-state index is 12.1. The molecule has 1 aromatic rings. The molecule has 0 aromatic heterocycles. The molecule has 1 N–H and O–H groups in total. The van der Waals surface area contributed by atoms with Crippen molar-refractivity contribution < 1.29 is 4.79 Å². The summed E-state index contributed by atoms with van der Waals surface area (Å²) in [6.07, 6.45) is 2.11. The number of carbonyl (C=O) groups is 1. The van der Waals surface area contributed by atoms with E-state index in [2.05, 4.69) is 24.1 Å². The van der Waals surface area contributed by atoms with Crippen molar-refractivity contribution in [1.82, 2.24) is 4.90 Å². The molecule has 0 saturated heterocycles. The molecule has 0 aliphatic rings. The number of benzene rings is 1. The van der Waals surface area contributed by atoms with Crippen molar-refractivity contribution in [2.75, 3.05) is 25.0 Å². The third-order valence-electron chi connectivity index (χ3n) is 2.93. The van der Waals surface area contributed by atoms with Crippen LogP contribution in [0.4, 0.5) is 5.69 Å². The molecule has 5 heteroatoms. The summed E-state index contributed by atoms with van der Waals surface area (Å²) in [5.74, 6) is -0.00176. The number of aryl methyl sites for hydroxylation is 1. The Kier molecular flexibility index (Phi) is 9.64. The number of halogens is 2. The van der Waals surface area contributed by atoms with Crippen molar-refractivity contribution in [3.8, 4) is 0 Å². The first-order valence-corrected chi connectivity index (χ1v) is 7.23. The molecule has 20 heavy (non-hydrogen) atoms. The number of hydrogen-bond acceptors (Lipinski definition) is 2. The number of nitrogens with zero attached hydrogens (tertiary/aromatic N) is 1. The number of rotatable bonds is 7. The van der Waals surface area contributed by atoms with Gasteiger partial charge in [0, 0.05) is 0 Å². The van der Waals surface area contributed by atoms with Crippen LogP contribution in [0.25, 0.3) is 0 Å². The van der Waals surface area contributed by atoms with Gasteiger partial charge in [-0.3, -0.25) is 9.69 Å². The van der Waals surface area contributed by atoms with E-state index >= 15 is 0 Å². The van der Waals surface area contributed by atoms with Crippen molar-refractivity contribution in [3.63, 3.8) is 0 Å². The fraction of sp³-hybridized carbons (Fsp3) is 0.533. The Balaban J connectivity index is 0.00000361. The number of carbonyl (C=O) groups excluding carboxylic acids is 1. The number of nitrogens with one attached hydrogen (secondary N) is 1. The second-order valence-corrected chi connectivity index (χ2v) is 5.16. The number of anilines is 1. The van der Waals surface area contributed by atoms with E-state index in [0.717, 1.165) is 37.2 Å². The fourth-order valence-electron chi connectivity index (χ4n) is 2.07. The Hall–Kier alpha value is -0.770. The third kappa shape index (κ3) is 6.12. The minimum absolute atomic E-state index is 0. The molecule has 0 saturated carbocycles. The van der Waals surface area contributed by atoms with Crippen LogP contribution in [0.15, 0.2) is 18.2 Å². The van der Waals surface area contributed by atoms with E-state index in [1.54, 1.807) is 6.07 Å². The SMILES string of the molecule is CCCN(CCC)CC(=O)Nc1c(C)cccc1Cl.Cl. The molecular weight excluding hydrogens is 295 g/mol. The highest BCUT2D eigenvalue weighted by Gasteiger charge is 2.12. The van der Waals surface area contributed by atoms with Crippen LogP contribution in [0.1, 0.15) is 32.3 Å². The summed E-state index contributed by atoms with van der Waals surface area (Å²) in [5.41, 5.74) is 1.71. The van der Waals surface area contributed by atoms with E-state index in [0.29, 0.717) is 11.6 Å². The molecule has 0 radical (unpaired) electrons. The Bertz CT molecular complexity index is 398. The van der Waals surface area contributed by atoms with Gasteiger partial charge in [0.1, 0.15) is 0 Å². The second-order valence-electron chi connectivity index (χ2n) is 4.76. The van der Waals surface area contributed by atoms with Crippen molar-refractivity contribution in [1.29, 1.82) is 0 Å². The van der Waals surface area contributed by atoms with Gasteiger partial charge in [0.05, 0.1) is 17.3 Å². The molecule has 0 unspecified atom stereocenters. The first-order chi connectivity index (χ1) is 9.08. The van der Waals surface area contributed by atoms with Gasteiger partial charge >= 0.3 is 0 Å². The van der Waals surface area contributed by atoms with Crippen LogP contribution in [0.5, 0.6) is 0 Å². The van der Waals surface area contributed by atoms with Crippen LogP contribution in [-0.4, -0.2) is 30.4 Å². The molecule has 1 amide bonds. The molecule has 0 fully saturated rings. The molecule has 114 valence electrons. The highest BCUT2D eigenvalue weighted by atomic mass is 35.5. The minimum atomic E-state index is -0.00176. The molecule has 0 heterocycles. The van der Waals surface area contributed by atoms with Gasteiger partial charge in [0.2, 0.25) is 5.91 Å². The zero-order valence-corrected chi connectivity index (χ0v) is 14.0. The average molecular weight is 319 g/mol. The van der Waals surface area contributed by atoms with Gasteiger partial charge in [-0.1, -0.05) is 37.6 Å². The highest BCUT2D eigenvalue weighted by Crippen LogP contribution is 2.25. The maximum Gasteiger partial charge on any atom is 0.238 e. The summed E-state index contributed by atoms with van der Waals surface area (Å²) in [7, 11) is 0. The van der Waals surface area contributed by atoms with Crippen LogP contribution in [0.3, 0.4) is 0 Å². The second kappa shape index (κ2) is 10.0. The van der Waals surface area contributed by atoms with E-state index in [1.165, 1.54) is 0 Å². The standard InChI is InChI=1S/C15H23ClN2O.ClH/c1-4-9-18(10-5-2)11-14(19)17-15-12(3)7-6-8-13(15)16;/h6-8H,4-5,9-11H2,1-3H3,(H,17,19);1H. The smallest absolute Gasteiger partial charge is 0.238 e. The average Bonchev–Trinajstić information content (AvgIpc) is 2.35. The van der Waals surface area contributed by atoms with E-state index in [1.807, 2.05) is 19.1 Å². The van der Waals surface area contributed by atoms with Crippen LogP contribution in [0, 0.1) is 6.92 Å². The quantitative estimate of drug-likeness (QED) is 0.819. The summed E-state index contributed by atoms with van der Waals surface area (Å²) in [5, 5.41) is 3.50. The van der Waals surface area contributed by atoms with Gasteiger partial charge < -0.3 is 5.32 Å². The summed E-state index contributed by atoms with van der Waals surface area (Å²) in [4.78, 5) is 14.2. The normalized spacial score (nSPS) is 10.2. The third-order valence-corrected chi connectivity index (χ3v) is 3.25. The molecule has 3 nitrogen and oxygen atoms in total. The fourth-order valence-corrected chi connectivity index (χ4v) is 2.34.